The molecule has 2 aromatic heterocycles. The third kappa shape index (κ3) is 6.33. The number of alkyl halides is 6. The Morgan fingerprint density at radius 2 is 1.98 bits per heavy atom. The third-order valence-electron chi connectivity index (χ3n) is 6.78. The molecule has 0 radical (unpaired) electrons. The lowest BCUT2D eigenvalue weighted by Crippen LogP contribution is -2.42. The Bertz CT molecular complexity index is 1250. The number of carbonyl (C=O) groups excluding carboxylic acids is 2. The normalized spacial score (nSPS) is 22.4. The summed E-state index contributed by atoms with van der Waals surface area (Å²) in [6.45, 7) is 3.34. The number of thiazole rings is 1. The van der Waals surface area contributed by atoms with E-state index in [1.165, 1.54) is 11.8 Å². The van der Waals surface area contributed by atoms with Crippen LogP contribution < -0.4 is 10.6 Å². The summed E-state index contributed by atoms with van der Waals surface area (Å²) < 4.78 is 87.5. The predicted octanol–water partition coefficient (Wildman–Crippen LogP) is 4.09. The summed E-state index contributed by atoms with van der Waals surface area (Å²) in [6, 6.07) is -2.68. The van der Waals surface area contributed by atoms with Gasteiger partial charge in [0.1, 0.15) is 17.6 Å². The van der Waals surface area contributed by atoms with E-state index in [0.717, 1.165) is 6.20 Å². The molecule has 40 heavy (non-hydrogen) atoms. The molecule has 0 spiro atoms. The minimum atomic E-state index is -5.05. The minimum Gasteiger partial charge on any atom is -0.388 e. The van der Waals surface area contributed by atoms with E-state index in [0.29, 0.717) is 36.8 Å². The molecule has 0 bridgehead atoms. The van der Waals surface area contributed by atoms with Crippen LogP contribution in [0.2, 0.25) is 0 Å². The maximum atomic E-state index is 14.2. The first kappa shape index (κ1) is 30.0. The monoisotopic (exact) mass is 595 g/mol. The zero-order valence-corrected chi connectivity index (χ0v) is 22.2. The van der Waals surface area contributed by atoms with E-state index in [4.69, 9.17) is 4.74 Å². The van der Waals surface area contributed by atoms with Crippen LogP contribution >= 0.6 is 11.3 Å². The first-order valence-corrected chi connectivity index (χ1v) is 13.3. The number of amides is 2. The molecular weight excluding hydrogens is 568 g/mol. The second-order valence-corrected chi connectivity index (χ2v) is 10.6. The van der Waals surface area contributed by atoms with Crippen LogP contribution in [0.4, 0.5) is 32.2 Å². The van der Waals surface area contributed by atoms with E-state index in [9.17, 15) is 41.0 Å². The van der Waals surface area contributed by atoms with Crippen LogP contribution in [-0.4, -0.2) is 82.0 Å². The number of halogens is 6. The Morgan fingerprint density at radius 1 is 1.25 bits per heavy atom. The summed E-state index contributed by atoms with van der Waals surface area (Å²) in [5, 5.41) is 14.1. The van der Waals surface area contributed by atoms with Crippen LogP contribution in [0.3, 0.4) is 0 Å². The van der Waals surface area contributed by atoms with Crippen LogP contribution in [-0.2, 0) is 10.9 Å². The van der Waals surface area contributed by atoms with Gasteiger partial charge >= 0.3 is 12.4 Å². The number of nitrogens with one attached hydrogen (secondary N) is 2. The molecule has 16 heteroatoms. The highest BCUT2D eigenvalue weighted by molar-refractivity contribution is 7.17. The van der Waals surface area contributed by atoms with Gasteiger partial charge in [-0.1, -0.05) is 6.92 Å². The number of nitrogens with zero attached hydrogens (tertiary/aromatic N) is 3. The maximum absolute atomic E-state index is 14.2. The summed E-state index contributed by atoms with van der Waals surface area (Å²) in [6.07, 6.45) is -9.15. The molecule has 2 aromatic rings. The first-order chi connectivity index (χ1) is 18.7. The van der Waals surface area contributed by atoms with Crippen molar-refractivity contribution in [2.75, 3.05) is 25.1 Å². The number of rotatable bonds is 7. The maximum Gasteiger partial charge on any atom is 0.417 e. The number of aliphatic hydroxyl groups excluding tert-OH is 1. The van der Waals surface area contributed by atoms with Crippen molar-refractivity contribution in [1.82, 2.24) is 20.2 Å². The van der Waals surface area contributed by atoms with Crippen molar-refractivity contribution in [2.45, 2.75) is 69.7 Å². The van der Waals surface area contributed by atoms with Gasteiger partial charge in [-0.25, -0.2) is 9.97 Å². The fraction of sp³-hybridized carbons (Fsp3) is 0.583. The molecule has 4 rings (SSSR count). The zero-order chi connectivity index (χ0) is 29.4. The van der Waals surface area contributed by atoms with Crippen molar-refractivity contribution in [3.8, 4) is 10.4 Å². The molecule has 0 saturated carbocycles. The average Bonchev–Trinajstić information content (AvgIpc) is 3.61. The molecule has 220 valence electrons. The van der Waals surface area contributed by atoms with Crippen molar-refractivity contribution in [2.24, 2.45) is 0 Å². The number of hydrogen-bond donors (Lipinski definition) is 3. The molecule has 3 N–H and O–H groups in total. The van der Waals surface area contributed by atoms with E-state index in [1.54, 1.807) is 6.92 Å². The highest BCUT2D eigenvalue weighted by Crippen LogP contribution is 2.42. The van der Waals surface area contributed by atoms with Gasteiger partial charge < -0.3 is 25.4 Å². The SMILES string of the molecule is CC[C@H](Nc1cc(C(F)(F)F)c(-c2sc(C(=O)N[C@@H]3COC[C@H]3O)nc2C(=O)N2CCC[C@@H]2C)cn1)C(F)(F)F. The summed E-state index contributed by atoms with van der Waals surface area (Å²) in [5.74, 6) is -2.16. The summed E-state index contributed by atoms with van der Waals surface area (Å²) in [5.41, 5.74) is -2.35. The number of carbonyl (C=O) groups is 2. The fourth-order valence-electron chi connectivity index (χ4n) is 4.57. The van der Waals surface area contributed by atoms with Crippen LogP contribution in [0, 0.1) is 0 Å². The van der Waals surface area contributed by atoms with Crippen molar-refractivity contribution >= 4 is 29.0 Å². The minimum absolute atomic E-state index is 0.00943. The molecular formula is C24H27F6N5O4S. The summed E-state index contributed by atoms with van der Waals surface area (Å²) in [4.78, 5) is 35.4. The van der Waals surface area contributed by atoms with Crippen molar-refractivity contribution in [3.63, 3.8) is 0 Å². The van der Waals surface area contributed by atoms with Gasteiger partial charge in [-0.2, -0.15) is 26.3 Å². The number of aliphatic hydroxyl groups is 1. The number of anilines is 1. The van der Waals surface area contributed by atoms with Crippen molar-refractivity contribution in [3.05, 3.63) is 28.5 Å². The van der Waals surface area contributed by atoms with Crippen molar-refractivity contribution in [1.29, 1.82) is 0 Å². The quantitative estimate of drug-likeness (QED) is 0.413. The van der Waals surface area contributed by atoms with Gasteiger partial charge in [-0.3, -0.25) is 9.59 Å². The highest BCUT2D eigenvalue weighted by atomic mass is 32.1. The Morgan fingerprint density at radius 3 is 2.52 bits per heavy atom. The van der Waals surface area contributed by atoms with Gasteiger partial charge in [0.15, 0.2) is 5.01 Å². The van der Waals surface area contributed by atoms with E-state index in [-0.39, 0.29) is 29.1 Å². The summed E-state index contributed by atoms with van der Waals surface area (Å²) in [7, 11) is 0. The van der Waals surface area contributed by atoms with Gasteiger partial charge in [0, 0.05) is 24.3 Å². The van der Waals surface area contributed by atoms with E-state index >= 15 is 0 Å². The molecule has 4 atom stereocenters. The number of likely N-dealkylation sites (tertiary alicyclic amines) is 1. The van der Waals surface area contributed by atoms with E-state index < -0.39 is 71.4 Å². The lowest BCUT2D eigenvalue weighted by atomic mass is 10.1. The zero-order valence-electron chi connectivity index (χ0n) is 21.4. The summed E-state index contributed by atoms with van der Waals surface area (Å²) >= 11 is 0.519. The molecule has 0 unspecified atom stereocenters. The molecule has 2 aliphatic rings. The number of pyridine rings is 1. The van der Waals surface area contributed by atoms with Crippen LogP contribution in [0.1, 0.15) is 59.0 Å². The van der Waals surface area contributed by atoms with Gasteiger partial charge in [0.05, 0.1) is 35.8 Å². The molecule has 0 aromatic carbocycles. The van der Waals surface area contributed by atoms with Crippen molar-refractivity contribution < 1.29 is 45.8 Å². The topological polar surface area (TPSA) is 117 Å². The Balaban J connectivity index is 1.78. The van der Waals surface area contributed by atoms with Crippen LogP contribution in [0.5, 0.6) is 0 Å². The smallest absolute Gasteiger partial charge is 0.388 e. The second-order valence-electron chi connectivity index (χ2n) is 9.63. The van der Waals surface area contributed by atoms with Gasteiger partial charge in [0.2, 0.25) is 0 Å². The lowest BCUT2D eigenvalue weighted by molar-refractivity contribution is -0.142. The van der Waals surface area contributed by atoms with E-state index in [1.807, 2.05) is 5.32 Å². The Labute approximate surface area is 228 Å². The van der Waals surface area contributed by atoms with Gasteiger partial charge in [-0.05, 0) is 32.3 Å². The van der Waals surface area contributed by atoms with Crippen LogP contribution in [0.25, 0.3) is 10.4 Å². The third-order valence-corrected chi connectivity index (χ3v) is 7.87. The lowest BCUT2D eigenvalue weighted by Gasteiger charge is -2.22. The molecule has 2 saturated heterocycles. The molecule has 2 amide bonds. The highest BCUT2D eigenvalue weighted by Gasteiger charge is 2.41. The first-order valence-electron chi connectivity index (χ1n) is 12.5. The predicted molar refractivity (Wildman–Crippen MR) is 132 cm³/mol. The Hall–Kier alpha value is -2.98. The fourth-order valence-corrected chi connectivity index (χ4v) is 5.55. The molecule has 2 fully saturated rings. The van der Waals surface area contributed by atoms with Crippen LogP contribution in [0.15, 0.2) is 12.3 Å². The number of aromatic nitrogens is 2. The molecule has 9 nitrogen and oxygen atoms in total. The van der Waals surface area contributed by atoms with E-state index in [2.05, 4.69) is 15.3 Å². The molecule has 0 aliphatic carbocycles. The molecule has 4 heterocycles. The standard InChI is InChI=1S/C24H27F6N5O4S/c1-3-16(24(28,29)30)33-17-7-13(23(25,26)27)12(8-31-17)19-18(22(38)35-6-4-5-11(35)2)34-21(40-19)20(37)32-14-9-39-10-15(14)36/h7-8,11,14-16,36H,3-6,9-10H2,1-2H3,(H,31,33)(H,32,37)/t11-,14+,15+,16-/m0/s1. The second kappa shape index (κ2) is 11.5. The average molecular weight is 596 g/mol. The number of hydrogen-bond acceptors (Lipinski definition) is 8. The largest absolute Gasteiger partial charge is 0.417 e. The molecule has 2 aliphatic heterocycles. The van der Waals surface area contributed by atoms with Gasteiger partial charge in [0.25, 0.3) is 11.8 Å². The number of ether oxygens (including phenoxy) is 1. The Kier molecular flexibility index (Phi) is 8.61. The van der Waals surface area contributed by atoms with Gasteiger partial charge in [-0.15, -0.1) is 11.3 Å².